The van der Waals surface area contributed by atoms with Crippen molar-refractivity contribution in [3.05, 3.63) is 24.0 Å². The van der Waals surface area contributed by atoms with Gasteiger partial charge in [-0.15, -0.1) is 11.8 Å². The van der Waals surface area contributed by atoms with Crippen molar-refractivity contribution in [2.75, 3.05) is 7.05 Å². The van der Waals surface area contributed by atoms with Crippen molar-refractivity contribution in [1.82, 2.24) is 15.2 Å². The van der Waals surface area contributed by atoms with Gasteiger partial charge in [0.1, 0.15) is 11.1 Å². The SMILES string of the molecule is CC(C)Sc1cccnc1CNC(=O)C(C)(C)N(C)C(=O)OC(C)(C)C. The molecule has 0 aromatic carbocycles. The van der Waals surface area contributed by atoms with Crippen LogP contribution in [0.3, 0.4) is 0 Å². The summed E-state index contributed by atoms with van der Waals surface area (Å²) in [4.78, 5) is 31.7. The van der Waals surface area contributed by atoms with Gasteiger partial charge >= 0.3 is 6.09 Å². The maximum atomic E-state index is 12.7. The van der Waals surface area contributed by atoms with E-state index in [9.17, 15) is 9.59 Å². The van der Waals surface area contributed by atoms with Crippen LogP contribution in [0.25, 0.3) is 0 Å². The third-order valence-corrected chi connectivity index (χ3v) is 4.79. The van der Waals surface area contributed by atoms with E-state index in [1.165, 1.54) is 4.90 Å². The van der Waals surface area contributed by atoms with E-state index < -0.39 is 17.2 Å². The van der Waals surface area contributed by atoms with Gasteiger partial charge in [-0.3, -0.25) is 14.7 Å². The molecule has 0 fully saturated rings. The Morgan fingerprint density at radius 3 is 2.42 bits per heavy atom. The molecule has 0 aliphatic rings. The lowest BCUT2D eigenvalue weighted by Crippen LogP contribution is -2.56. The maximum absolute atomic E-state index is 12.7. The monoisotopic (exact) mass is 381 g/mol. The number of aromatic nitrogens is 1. The fraction of sp³-hybridized carbons (Fsp3) is 0.632. The van der Waals surface area contributed by atoms with Crippen molar-refractivity contribution in [2.24, 2.45) is 0 Å². The molecule has 1 aromatic heterocycles. The Kier molecular flexibility index (Phi) is 7.50. The summed E-state index contributed by atoms with van der Waals surface area (Å²) in [6.07, 6.45) is 1.18. The lowest BCUT2D eigenvalue weighted by atomic mass is 10.0. The van der Waals surface area contributed by atoms with Crippen molar-refractivity contribution in [2.45, 2.75) is 76.3 Å². The van der Waals surface area contributed by atoms with E-state index in [4.69, 9.17) is 4.74 Å². The minimum Gasteiger partial charge on any atom is -0.444 e. The lowest BCUT2D eigenvalue weighted by molar-refractivity contribution is -0.131. The van der Waals surface area contributed by atoms with Gasteiger partial charge in [0.25, 0.3) is 0 Å². The third-order valence-electron chi connectivity index (χ3n) is 3.69. The molecule has 6 nitrogen and oxygen atoms in total. The van der Waals surface area contributed by atoms with Gasteiger partial charge in [0.15, 0.2) is 0 Å². The Hall–Kier alpha value is -1.76. The molecule has 0 unspecified atom stereocenters. The van der Waals surface area contributed by atoms with Crippen molar-refractivity contribution < 1.29 is 14.3 Å². The highest BCUT2D eigenvalue weighted by Gasteiger charge is 2.37. The second-order valence-electron chi connectivity index (χ2n) is 7.90. The first-order valence-electron chi connectivity index (χ1n) is 8.70. The zero-order valence-corrected chi connectivity index (χ0v) is 17.9. The second kappa shape index (κ2) is 8.75. The van der Waals surface area contributed by atoms with Crippen LogP contribution >= 0.6 is 11.8 Å². The molecule has 1 aromatic rings. The number of pyridine rings is 1. The second-order valence-corrected chi connectivity index (χ2v) is 9.51. The predicted molar refractivity (Wildman–Crippen MR) is 105 cm³/mol. The van der Waals surface area contributed by atoms with Gasteiger partial charge < -0.3 is 10.1 Å². The summed E-state index contributed by atoms with van der Waals surface area (Å²) >= 11 is 1.70. The number of carbonyl (C=O) groups is 2. The fourth-order valence-corrected chi connectivity index (χ4v) is 2.93. The van der Waals surface area contributed by atoms with Crippen LogP contribution in [0.4, 0.5) is 4.79 Å². The topological polar surface area (TPSA) is 71.5 Å². The number of thioether (sulfide) groups is 1. The van der Waals surface area contributed by atoms with Crippen LogP contribution in [0.5, 0.6) is 0 Å². The highest BCUT2D eigenvalue weighted by atomic mass is 32.2. The summed E-state index contributed by atoms with van der Waals surface area (Å²) in [5.74, 6) is -0.267. The van der Waals surface area contributed by atoms with Gasteiger partial charge in [0.05, 0.1) is 12.2 Å². The molecular formula is C19H31N3O3S. The maximum Gasteiger partial charge on any atom is 0.410 e. The molecule has 0 bridgehead atoms. The molecule has 1 heterocycles. The Morgan fingerprint density at radius 2 is 1.88 bits per heavy atom. The summed E-state index contributed by atoms with van der Waals surface area (Å²) in [5, 5.41) is 3.31. The molecule has 1 rings (SSSR count). The van der Waals surface area contributed by atoms with Gasteiger partial charge in [0, 0.05) is 23.4 Å². The Morgan fingerprint density at radius 1 is 1.27 bits per heavy atom. The van der Waals surface area contributed by atoms with Crippen LogP contribution in [-0.4, -0.2) is 45.3 Å². The lowest BCUT2D eigenvalue weighted by Gasteiger charge is -2.35. The number of hydrogen-bond acceptors (Lipinski definition) is 5. The fourth-order valence-electron chi connectivity index (χ4n) is 2.01. The van der Waals surface area contributed by atoms with Crippen molar-refractivity contribution in [3.63, 3.8) is 0 Å². The van der Waals surface area contributed by atoms with Crippen LogP contribution in [-0.2, 0) is 16.1 Å². The summed E-state index contributed by atoms with van der Waals surface area (Å²) in [6.45, 7) is 13.3. The van der Waals surface area contributed by atoms with Gasteiger partial charge in [0.2, 0.25) is 5.91 Å². The quantitative estimate of drug-likeness (QED) is 0.758. The molecule has 0 aliphatic carbocycles. The third kappa shape index (κ3) is 6.52. The average molecular weight is 382 g/mol. The molecule has 0 saturated heterocycles. The summed E-state index contributed by atoms with van der Waals surface area (Å²) in [6, 6.07) is 3.88. The minimum absolute atomic E-state index is 0.267. The Bertz CT molecular complexity index is 639. The Labute approximate surface area is 161 Å². The number of carbonyl (C=O) groups excluding carboxylic acids is 2. The normalized spacial score (nSPS) is 12.0. The standard InChI is InChI=1S/C19H31N3O3S/c1-13(2)26-15-10-9-11-20-14(15)12-21-16(23)19(6,7)22(8)17(24)25-18(3,4)5/h9-11,13H,12H2,1-8H3,(H,21,23). The molecule has 0 atom stereocenters. The van der Waals surface area contributed by atoms with Crippen LogP contribution < -0.4 is 5.32 Å². The van der Waals surface area contributed by atoms with E-state index in [2.05, 4.69) is 24.1 Å². The average Bonchev–Trinajstić information content (AvgIpc) is 2.50. The van der Waals surface area contributed by atoms with Gasteiger partial charge in [-0.25, -0.2) is 4.79 Å². The Balaban J connectivity index is 2.79. The van der Waals surface area contributed by atoms with Crippen molar-refractivity contribution in [1.29, 1.82) is 0 Å². The summed E-state index contributed by atoms with van der Waals surface area (Å²) < 4.78 is 5.35. The molecule has 26 heavy (non-hydrogen) atoms. The largest absolute Gasteiger partial charge is 0.444 e. The molecule has 7 heteroatoms. The van der Waals surface area contributed by atoms with E-state index in [-0.39, 0.29) is 5.91 Å². The van der Waals surface area contributed by atoms with Crippen molar-refractivity contribution in [3.8, 4) is 0 Å². The molecular weight excluding hydrogens is 350 g/mol. The van der Waals surface area contributed by atoms with Gasteiger partial charge in [-0.2, -0.15) is 0 Å². The molecule has 146 valence electrons. The summed E-state index contributed by atoms with van der Waals surface area (Å²) in [5.41, 5.74) is -0.854. The van der Waals surface area contributed by atoms with Crippen LogP contribution in [0.2, 0.25) is 0 Å². The molecule has 1 N–H and O–H groups in total. The number of amides is 2. The van der Waals surface area contributed by atoms with E-state index in [1.54, 1.807) is 59.6 Å². The van der Waals surface area contributed by atoms with Crippen LogP contribution in [0.1, 0.15) is 54.2 Å². The van der Waals surface area contributed by atoms with E-state index >= 15 is 0 Å². The molecule has 0 radical (unpaired) electrons. The number of nitrogens with zero attached hydrogens (tertiary/aromatic N) is 2. The highest BCUT2D eigenvalue weighted by Crippen LogP contribution is 2.25. The molecule has 0 saturated carbocycles. The summed E-state index contributed by atoms with van der Waals surface area (Å²) in [7, 11) is 1.56. The van der Waals surface area contributed by atoms with E-state index in [0.29, 0.717) is 11.8 Å². The van der Waals surface area contributed by atoms with Crippen LogP contribution in [0, 0.1) is 0 Å². The van der Waals surface area contributed by atoms with Gasteiger partial charge in [-0.05, 0) is 46.8 Å². The molecule has 0 spiro atoms. The van der Waals surface area contributed by atoms with Gasteiger partial charge in [-0.1, -0.05) is 13.8 Å². The zero-order valence-electron chi connectivity index (χ0n) is 17.0. The first-order chi connectivity index (χ1) is 11.8. The number of rotatable bonds is 6. The van der Waals surface area contributed by atoms with Crippen molar-refractivity contribution >= 4 is 23.8 Å². The van der Waals surface area contributed by atoms with Crippen LogP contribution in [0.15, 0.2) is 23.2 Å². The smallest absolute Gasteiger partial charge is 0.410 e. The first-order valence-corrected chi connectivity index (χ1v) is 9.58. The number of ether oxygens (including phenoxy) is 1. The molecule has 0 aliphatic heterocycles. The van der Waals surface area contributed by atoms with E-state index in [0.717, 1.165) is 10.6 Å². The predicted octanol–water partition coefficient (Wildman–Crippen LogP) is 3.84. The highest BCUT2D eigenvalue weighted by molar-refractivity contribution is 8.00. The van der Waals surface area contributed by atoms with E-state index in [1.807, 2.05) is 12.1 Å². The zero-order chi connectivity index (χ0) is 20.1. The first kappa shape index (κ1) is 22.3. The number of hydrogen-bond donors (Lipinski definition) is 1. The number of nitrogens with one attached hydrogen (secondary N) is 1. The minimum atomic E-state index is -1.05. The molecule has 2 amide bonds. The number of likely N-dealkylation sites (N-methyl/N-ethyl adjacent to an activating group) is 1.